The SMILES string of the molecule is CCn1cc(Cl)cc1C(=O)NC(C)(C)C(C)(C)C(=O)O. The number of hydrogen-bond donors (Lipinski definition) is 2. The van der Waals surface area contributed by atoms with Gasteiger partial charge in [-0.15, -0.1) is 0 Å². The van der Waals surface area contributed by atoms with Crippen LogP contribution in [0.25, 0.3) is 0 Å². The van der Waals surface area contributed by atoms with Crippen LogP contribution in [0, 0.1) is 5.41 Å². The number of nitrogens with one attached hydrogen (secondary N) is 1. The minimum Gasteiger partial charge on any atom is -0.481 e. The molecule has 0 aromatic carbocycles. The third-order valence-corrected chi connectivity index (χ3v) is 4.17. The van der Waals surface area contributed by atoms with Crippen LogP contribution in [-0.4, -0.2) is 27.1 Å². The lowest BCUT2D eigenvalue weighted by Gasteiger charge is -2.38. The van der Waals surface area contributed by atoms with Gasteiger partial charge in [-0.25, -0.2) is 0 Å². The van der Waals surface area contributed by atoms with Gasteiger partial charge in [0.1, 0.15) is 5.69 Å². The van der Waals surface area contributed by atoms with Crippen molar-refractivity contribution < 1.29 is 14.7 Å². The summed E-state index contributed by atoms with van der Waals surface area (Å²) in [5.41, 5.74) is -1.59. The number of carboxylic acids is 1. The standard InChI is InChI=1S/C14H21ClN2O3/c1-6-17-8-9(15)7-10(17)11(18)16-14(4,5)13(2,3)12(19)20/h7-8H,6H2,1-5H3,(H,16,18)(H,19,20). The zero-order chi connectivity index (χ0) is 15.7. The second kappa shape index (κ2) is 5.48. The molecular weight excluding hydrogens is 280 g/mol. The molecule has 0 atom stereocenters. The predicted octanol–water partition coefficient (Wildman–Crippen LogP) is 2.78. The predicted molar refractivity (Wildman–Crippen MR) is 78.1 cm³/mol. The third kappa shape index (κ3) is 2.98. The van der Waals surface area contributed by atoms with E-state index in [-0.39, 0.29) is 5.91 Å². The maximum absolute atomic E-state index is 12.3. The third-order valence-electron chi connectivity index (χ3n) is 3.96. The Hall–Kier alpha value is -1.49. The first kappa shape index (κ1) is 16.6. The average Bonchev–Trinajstić information content (AvgIpc) is 2.69. The molecule has 0 aliphatic carbocycles. The maximum Gasteiger partial charge on any atom is 0.311 e. The molecule has 0 aliphatic heterocycles. The molecule has 1 aromatic heterocycles. The Kier molecular flexibility index (Phi) is 4.54. The molecule has 2 N–H and O–H groups in total. The zero-order valence-electron chi connectivity index (χ0n) is 12.5. The fourth-order valence-electron chi connectivity index (χ4n) is 1.70. The minimum atomic E-state index is -1.10. The van der Waals surface area contributed by atoms with Crippen LogP contribution >= 0.6 is 11.6 Å². The van der Waals surface area contributed by atoms with Crippen molar-refractivity contribution in [1.29, 1.82) is 0 Å². The number of amides is 1. The molecule has 0 radical (unpaired) electrons. The fraction of sp³-hybridized carbons (Fsp3) is 0.571. The molecule has 0 aliphatic rings. The summed E-state index contributed by atoms with van der Waals surface area (Å²) in [5.74, 6) is -1.30. The highest BCUT2D eigenvalue weighted by molar-refractivity contribution is 6.31. The van der Waals surface area contributed by atoms with E-state index in [1.165, 1.54) is 0 Å². The van der Waals surface area contributed by atoms with E-state index < -0.39 is 16.9 Å². The van der Waals surface area contributed by atoms with Crippen molar-refractivity contribution in [3.05, 3.63) is 23.0 Å². The van der Waals surface area contributed by atoms with Crippen molar-refractivity contribution in [1.82, 2.24) is 9.88 Å². The first-order chi connectivity index (χ1) is 9.02. The van der Waals surface area contributed by atoms with E-state index in [1.807, 2.05) is 6.92 Å². The molecule has 5 nitrogen and oxygen atoms in total. The van der Waals surface area contributed by atoms with Crippen molar-refractivity contribution >= 4 is 23.5 Å². The van der Waals surface area contributed by atoms with E-state index in [0.29, 0.717) is 17.3 Å². The minimum absolute atomic E-state index is 0.335. The van der Waals surface area contributed by atoms with Gasteiger partial charge in [0.25, 0.3) is 5.91 Å². The van der Waals surface area contributed by atoms with Gasteiger partial charge in [-0.3, -0.25) is 9.59 Å². The maximum atomic E-state index is 12.3. The highest BCUT2D eigenvalue weighted by Crippen LogP contribution is 2.31. The topological polar surface area (TPSA) is 71.3 Å². The largest absolute Gasteiger partial charge is 0.481 e. The Bertz CT molecular complexity index is 533. The molecule has 6 heteroatoms. The number of rotatable bonds is 5. The fourth-order valence-corrected chi connectivity index (χ4v) is 1.92. The highest BCUT2D eigenvalue weighted by Gasteiger charge is 2.44. The molecule has 20 heavy (non-hydrogen) atoms. The van der Waals surface area contributed by atoms with Gasteiger partial charge in [-0.2, -0.15) is 0 Å². The van der Waals surface area contributed by atoms with E-state index in [9.17, 15) is 14.7 Å². The van der Waals surface area contributed by atoms with Crippen LogP contribution in [0.3, 0.4) is 0 Å². The second-order valence-corrected chi connectivity index (χ2v) is 6.28. The molecule has 1 aromatic rings. The van der Waals surface area contributed by atoms with Crippen LogP contribution in [0.15, 0.2) is 12.3 Å². The highest BCUT2D eigenvalue weighted by atomic mass is 35.5. The quantitative estimate of drug-likeness (QED) is 0.878. The molecular formula is C14H21ClN2O3. The Labute approximate surface area is 123 Å². The van der Waals surface area contributed by atoms with E-state index >= 15 is 0 Å². The van der Waals surface area contributed by atoms with Gasteiger partial charge in [0.15, 0.2) is 0 Å². The number of hydrogen-bond acceptors (Lipinski definition) is 2. The number of aromatic nitrogens is 1. The van der Waals surface area contributed by atoms with Gasteiger partial charge < -0.3 is 15.0 Å². The van der Waals surface area contributed by atoms with E-state index in [0.717, 1.165) is 0 Å². The van der Waals surface area contributed by atoms with E-state index in [1.54, 1.807) is 44.5 Å². The zero-order valence-corrected chi connectivity index (χ0v) is 13.2. The van der Waals surface area contributed by atoms with Crippen LogP contribution in [-0.2, 0) is 11.3 Å². The number of carbonyl (C=O) groups is 2. The summed E-state index contributed by atoms with van der Waals surface area (Å²) in [4.78, 5) is 23.7. The van der Waals surface area contributed by atoms with Crippen LogP contribution in [0.5, 0.6) is 0 Å². The molecule has 0 saturated carbocycles. The number of carboxylic acid groups (broad SMARTS) is 1. The van der Waals surface area contributed by atoms with Crippen LogP contribution in [0.2, 0.25) is 5.02 Å². The molecule has 0 saturated heterocycles. The molecule has 0 spiro atoms. The molecule has 0 unspecified atom stereocenters. The monoisotopic (exact) mass is 300 g/mol. The van der Waals surface area contributed by atoms with Crippen molar-refractivity contribution in [2.45, 2.75) is 46.7 Å². The summed E-state index contributed by atoms with van der Waals surface area (Å²) in [6, 6.07) is 1.57. The smallest absolute Gasteiger partial charge is 0.311 e. The lowest BCUT2D eigenvalue weighted by atomic mass is 9.74. The first-order valence-electron chi connectivity index (χ1n) is 6.44. The Balaban J connectivity index is 3.03. The first-order valence-corrected chi connectivity index (χ1v) is 6.82. The van der Waals surface area contributed by atoms with Crippen LogP contribution in [0.1, 0.15) is 45.1 Å². The Morgan fingerprint density at radius 1 is 1.35 bits per heavy atom. The summed E-state index contributed by atoms with van der Waals surface area (Å²) in [6.45, 7) is 9.07. The van der Waals surface area contributed by atoms with Gasteiger partial charge in [0.2, 0.25) is 0 Å². The molecule has 0 fully saturated rings. The van der Waals surface area contributed by atoms with E-state index in [2.05, 4.69) is 5.32 Å². The lowest BCUT2D eigenvalue weighted by Crippen LogP contribution is -2.57. The average molecular weight is 301 g/mol. The molecule has 0 bridgehead atoms. The number of nitrogens with zero attached hydrogens (tertiary/aromatic N) is 1. The number of aliphatic carboxylic acids is 1. The summed E-state index contributed by atoms with van der Waals surface area (Å²) in [5, 5.41) is 12.5. The molecule has 1 heterocycles. The van der Waals surface area contributed by atoms with E-state index in [4.69, 9.17) is 11.6 Å². The summed E-state index contributed by atoms with van der Waals surface area (Å²) >= 11 is 5.91. The Morgan fingerprint density at radius 3 is 2.35 bits per heavy atom. The summed E-state index contributed by atoms with van der Waals surface area (Å²) < 4.78 is 1.72. The summed E-state index contributed by atoms with van der Waals surface area (Å²) in [7, 11) is 0. The molecule has 1 rings (SSSR count). The van der Waals surface area contributed by atoms with Crippen molar-refractivity contribution in [2.75, 3.05) is 0 Å². The number of carbonyl (C=O) groups excluding carboxylic acids is 1. The van der Waals surface area contributed by atoms with Gasteiger partial charge in [-0.1, -0.05) is 11.6 Å². The normalized spacial score (nSPS) is 12.3. The molecule has 112 valence electrons. The summed E-state index contributed by atoms with van der Waals surface area (Å²) in [6.07, 6.45) is 1.67. The van der Waals surface area contributed by atoms with Crippen molar-refractivity contribution in [3.63, 3.8) is 0 Å². The number of halogens is 1. The van der Waals surface area contributed by atoms with Crippen LogP contribution < -0.4 is 5.32 Å². The van der Waals surface area contributed by atoms with Crippen molar-refractivity contribution in [2.24, 2.45) is 5.41 Å². The van der Waals surface area contributed by atoms with Crippen molar-refractivity contribution in [3.8, 4) is 0 Å². The molecule has 1 amide bonds. The van der Waals surface area contributed by atoms with Gasteiger partial charge in [0.05, 0.1) is 16.0 Å². The Morgan fingerprint density at radius 2 is 1.90 bits per heavy atom. The van der Waals surface area contributed by atoms with Gasteiger partial charge in [-0.05, 0) is 40.7 Å². The van der Waals surface area contributed by atoms with Gasteiger partial charge >= 0.3 is 5.97 Å². The van der Waals surface area contributed by atoms with Crippen LogP contribution in [0.4, 0.5) is 0 Å². The van der Waals surface area contributed by atoms with Gasteiger partial charge in [0, 0.05) is 12.7 Å². The second-order valence-electron chi connectivity index (χ2n) is 5.84. The lowest BCUT2D eigenvalue weighted by molar-refractivity contribution is -0.150. The number of aryl methyl sites for hydroxylation is 1.